The number of aliphatic carboxylic acids is 1. The van der Waals surface area contributed by atoms with Gasteiger partial charge in [-0.25, -0.2) is 0 Å². The molecule has 1 saturated carbocycles. The summed E-state index contributed by atoms with van der Waals surface area (Å²) in [6.07, 6.45) is 0. The van der Waals surface area contributed by atoms with E-state index in [0.29, 0.717) is 10.6 Å². The van der Waals surface area contributed by atoms with Crippen molar-refractivity contribution in [2.24, 2.45) is 17.8 Å². The summed E-state index contributed by atoms with van der Waals surface area (Å²) in [5, 5.41) is 9.36. The third-order valence-electron chi connectivity index (χ3n) is 3.69. The van der Waals surface area contributed by atoms with E-state index >= 15 is 0 Å². The van der Waals surface area contributed by atoms with E-state index in [1.165, 1.54) is 0 Å². The highest BCUT2D eigenvalue weighted by Gasteiger charge is 2.70. The van der Waals surface area contributed by atoms with Crippen LogP contribution in [0.25, 0.3) is 0 Å². The number of nitrogens with zero attached hydrogens (tertiary/aromatic N) is 1. The summed E-state index contributed by atoms with van der Waals surface area (Å²) < 4.78 is 0. The molecule has 1 N–H and O–H groups in total. The maximum absolute atomic E-state index is 12.0. The number of benzene rings is 1. The van der Waals surface area contributed by atoms with Gasteiger partial charge in [0.15, 0.2) is 0 Å². The Labute approximate surface area is 113 Å². The second kappa shape index (κ2) is 4.06. The van der Waals surface area contributed by atoms with Crippen LogP contribution in [0.3, 0.4) is 0 Å². The molecule has 19 heavy (non-hydrogen) atoms. The number of likely N-dealkylation sites (tertiary alicyclic amines) is 1. The highest BCUT2D eigenvalue weighted by Crippen LogP contribution is 2.53. The van der Waals surface area contributed by atoms with Gasteiger partial charge in [-0.1, -0.05) is 29.8 Å². The Kier molecular flexibility index (Phi) is 2.60. The van der Waals surface area contributed by atoms with Crippen molar-refractivity contribution < 1.29 is 19.5 Å². The van der Waals surface area contributed by atoms with Gasteiger partial charge in [-0.2, -0.15) is 0 Å². The summed E-state index contributed by atoms with van der Waals surface area (Å²) in [5.74, 6) is -4.05. The first-order valence-corrected chi connectivity index (χ1v) is 6.21. The van der Waals surface area contributed by atoms with Gasteiger partial charge in [0, 0.05) is 5.02 Å². The molecule has 5 nitrogen and oxygen atoms in total. The largest absolute Gasteiger partial charge is 0.481 e. The first kappa shape index (κ1) is 12.2. The number of fused-ring (bicyclic) bond motifs is 1. The Hall–Kier alpha value is -1.88. The van der Waals surface area contributed by atoms with Crippen LogP contribution in [0.4, 0.5) is 0 Å². The molecule has 2 fully saturated rings. The quantitative estimate of drug-likeness (QED) is 0.843. The van der Waals surface area contributed by atoms with Crippen LogP contribution < -0.4 is 0 Å². The van der Waals surface area contributed by atoms with Crippen LogP contribution in [0, 0.1) is 17.8 Å². The summed E-state index contributed by atoms with van der Waals surface area (Å²) in [6.45, 7) is 0.108. The van der Waals surface area contributed by atoms with Crippen LogP contribution in [0.15, 0.2) is 24.3 Å². The molecule has 6 heteroatoms. The fourth-order valence-corrected chi connectivity index (χ4v) is 2.85. The molecule has 0 spiro atoms. The molecule has 1 heterocycles. The summed E-state index contributed by atoms with van der Waals surface area (Å²) in [7, 11) is 0. The highest BCUT2D eigenvalue weighted by molar-refractivity contribution is 6.31. The first-order chi connectivity index (χ1) is 9.02. The molecule has 1 aliphatic heterocycles. The van der Waals surface area contributed by atoms with Crippen LogP contribution in [0.2, 0.25) is 5.02 Å². The molecule has 2 atom stereocenters. The SMILES string of the molecule is O=C(O)C1C2C(=O)N(Cc3ccccc3Cl)C(=O)C12. The van der Waals surface area contributed by atoms with Crippen molar-refractivity contribution in [3.8, 4) is 0 Å². The van der Waals surface area contributed by atoms with Crippen molar-refractivity contribution in [3.63, 3.8) is 0 Å². The number of carboxylic acids is 1. The number of halogens is 1. The molecule has 1 saturated heterocycles. The monoisotopic (exact) mass is 279 g/mol. The van der Waals surface area contributed by atoms with Crippen LogP contribution in [0.5, 0.6) is 0 Å². The standard InChI is InChI=1S/C13H10ClNO4/c14-7-4-2-1-3-6(7)5-15-11(16)8-9(12(15)17)10(8)13(18)19/h1-4,8-10H,5H2,(H,18,19). The predicted molar refractivity (Wildman–Crippen MR) is 65.1 cm³/mol. The van der Waals surface area contributed by atoms with Gasteiger partial charge in [0.25, 0.3) is 0 Å². The Balaban J connectivity index is 1.79. The maximum atomic E-state index is 12.0. The average Bonchev–Trinajstić information content (AvgIpc) is 3.06. The van der Waals surface area contributed by atoms with Crippen molar-refractivity contribution >= 4 is 29.4 Å². The van der Waals surface area contributed by atoms with E-state index in [0.717, 1.165) is 4.90 Å². The van der Waals surface area contributed by atoms with Gasteiger partial charge < -0.3 is 5.11 Å². The number of imide groups is 1. The number of piperidine rings is 1. The van der Waals surface area contributed by atoms with Gasteiger partial charge in [0.1, 0.15) is 0 Å². The molecular weight excluding hydrogens is 270 g/mol. The molecule has 98 valence electrons. The van der Waals surface area contributed by atoms with E-state index in [-0.39, 0.29) is 6.54 Å². The Bertz CT molecular complexity index is 578. The lowest BCUT2D eigenvalue weighted by Gasteiger charge is -2.18. The minimum Gasteiger partial charge on any atom is -0.481 e. The number of hydrogen-bond acceptors (Lipinski definition) is 3. The van der Waals surface area contributed by atoms with Gasteiger partial charge in [-0.05, 0) is 11.6 Å². The summed E-state index contributed by atoms with van der Waals surface area (Å²) in [5.41, 5.74) is 0.680. The Morgan fingerprint density at radius 1 is 1.21 bits per heavy atom. The second-order valence-electron chi connectivity index (χ2n) is 4.77. The van der Waals surface area contributed by atoms with Crippen LogP contribution in [0.1, 0.15) is 5.56 Å². The molecule has 0 bridgehead atoms. The molecule has 1 aromatic rings. The van der Waals surface area contributed by atoms with Crippen molar-refractivity contribution in [1.82, 2.24) is 4.90 Å². The van der Waals surface area contributed by atoms with Crippen molar-refractivity contribution in [1.29, 1.82) is 0 Å². The predicted octanol–water partition coefficient (Wildman–Crippen LogP) is 1.16. The van der Waals surface area contributed by atoms with E-state index in [4.69, 9.17) is 16.7 Å². The van der Waals surface area contributed by atoms with Crippen molar-refractivity contribution in [2.45, 2.75) is 6.54 Å². The van der Waals surface area contributed by atoms with E-state index < -0.39 is 35.5 Å². The lowest BCUT2D eigenvalue weighted by atomic mass is 10.2. The topological polar surface area (TPSA) is 74.7 Å². The zero-order valence-electron chi connectivity index (χ0n) is 9.75. The molecule has 2 unspecified atom stereocenters. The number of rotatable bonds is 3. The molecule has 3 rings (SSSR count). The summed E-state index contributed by atoms with van der Waals surface area (Å²) in [4.78, 5) is 35.9. The molecule has 0 aromatic heterocycles. The fraction of sp³-hybridized carbons (Fsp3) is 0.308. The van der Waals surface area contributed by atoms with Gasteiger partial charge >= 0.3 is 5.97 Å². The van der Waals surface area contributed by atoms with Gasteiger partial charge in [0.05, 0.1) is 24.3 Å². The smallest absolute Gasteiger partial charge is 0.308 e. The molecular formula is C13H10ClNO4. The lowest BCUT2D eigenvalue weighted by molar-refractivity contribution is -0.149. The maximum Gasteiger partial charge on any atom is 0.308 e. The average molecular weight is 280 g/mol. The molecule has 1 aromatic carbocycles. The van der Waals surface area contributed by atoms with Crippen molar-refractivity contribution in [2.75, 3.05) is 0 Å². The molecule has 0 radical (unpaired) electrons. The third-order valence-corrected chi connectivity index (χ3v) is 4.06. The van der Waals surface area contributed by atoms with Crippen molar-refractivity contribution in [3.05, 3.63) is 34.9 Å². The number of carboxylic acid groups (broad SMARTS) is 1. The molecule has 1 aliphatic carbocycles. The normalized spacial score (nSPS) is 28.5. The number of carbonyl (C=O) groups is 3. The number of amides is 2. The fourth-order valence-electron chi connectivity index (χ4n) is 2.65. The van der Waals surface area contributed by atoms with E-state index in [1.807, 2.05) is 0 Å². The van der Waals surface area contributed by atoms with Crippen LogP contribution in [-0.2, 0) is 20.9 Å². The number of carbonyl (C=O) groups excluding carboxylic acids is 2. The highest BCUT2D eigenvalue weighted by atomic mass is 35.5. The Morgan fingerprint density at radius 3 is 2.32 bits per heavy atom. The first-order valence-electron chi connectivity index (χ1n) is 5.84. The third kappa shape index (κ3) is 1.73. The van der Waals surface area contributed by atoms with E-state index in [2.05, 4.69) is 0 Å². The van der Waals surface area contributed by atoms with Gasteiger partial charge in [-0.3, -0.25) is 19.3 Å². The zero-order valence-corrected chi connectivity index (χ0v) is 10.5. The summed E-state index contributed by atoms with van der Waals surface area (Å²) >= 11 is 5.98. The lowest BCUT2D eigenvalue weighted by Crippen LogP contribution is -2.35. The summed E-state index contributed by atoms with van der Waals surface area (Å²) in [6, 6.07) is 6.95. The van der Waals surface area contributed by atoms with Gasteiger partial charge in [0.2, 0.25) is 11.8 Å². The Morgan fingerprint density at radius 2 is 1.79 bits per heavy atom. The number of hydrogen-bond donors (Lipinski definition) is 1. The van der Waals surface area contributed by atoms with E-state index in [1.54, 1.807) is 24.3 Å². The van der Waals surface area contributed by atoms with E-state index in [9.17, 15) is 14.4 Å². The van der Waals surface area contributed by atoms with Crippen LogP contribution >= 0.6 is 11.6 Å². The minimum atomic E-state index is -1.07. The van der Waals surface area contributed by atoms with Gasteiger partial charge in [-0.15, -0.1) is 0 Å². The second-order valence-corrected chi connectivity index (χ2v) is 5.18. The molecule has 2 amide bonds. The molecule has 2 aliphatic rings. The minimum absolute atomic E-state index is 0.108. The van der Waals surface area contributed by atoms with Crippen LogP contribution in [-0.4, -0.2) is 27.8 Å². The zero-order chi connectivity index (χ0) is 13.7.